The Morgan fingerprint density at radius 3 is 2.69 bits per heavy atom. The summed E-state index contributed by atoms with van der Waals surface area (Å²) in [5, 5.41) is 9.31. The van der Waals surface area contributed by atoms with Crippen LogP contribution in [-0.2, 0) is 30.4 Å². The van der Waals surface area contributed by atoms with Gasteiger partial charge in [-0.25, -0.2) is 4.79 Å². The molecule has 0 aliphatic carbocycles. The molecule has 2 rings (SSSR count). The zero-order valence-corrected chi connectivity index (χ0v) is 15.4. The second kappa shape index (κ2) is 8.29. The normalized spacial score (nSPS) is 18.7. The molecule has 1 aliphatic heterocycles. The zero-order valence-electron chi connectivity index (χ0n) is 15.4. The molecule has 26 heavy (non-hydrogen) atoms. The molecule has 1 fully saturated rings. The van der Waals surface area contributed by atoms with E-state index in [1.807, 2.05) is 44.1 Å². The smallest absolute Gasteiger partial charge is 0.348 e. The molecule has 0 saturated carbocycles. The van der Waals surface area contributed by atoms with Crippen LogP contribution in [0.15, 0.2) is 18.2 Å². The molecular weight excluding hydrogens is 340 g/mol. The number of nitrogens with zero attached hydrogens (tertiary/aromatic N) is 2. The van der Waals surface area contributed by atoms with E-state index in [4.69, 9.17) is 9.47 Å². The molecule has 0 bridgehead atoms. The first kappa shape index (κ1) is 19.9. The van der Waals surface area contributed by atoms with Crippen molar-refractivity contribution in [3.05, 3.63) is 29.3 Å². The van der Waals surface area contributed by atoms with Gasteiger partial charge in [0.25, 0.3) is 5.91 Å². The van der Waals surface area contributed by atoms with E-state index >= 15 is 0 Å². The molecule has 1 amide bonds. The fraction of sp³-hybridized carbons (Fsp3) is 0.500. The minimum absolute atomic E-state index is 0.152. The summed E-state index contributed by atoms with van der Waals surface area (Å²) >= 11 is 0. The molecule has 1 aromatic carbocycles. The molecule has 0 unspecified atom stereocenters. The Morgan fingerprint density at radius 2 is 2.12 bits per heavy atom. The van der Waals surface area contributed by atoms with Crippen LogP contribution in [0.25, 0.3) is 0 Å². The summed E-state index contributed by atoms with van der Waals surface area (Å²) in [6.45, 7) is 4.18. The Balaban J connectivity index is 2.32. The zero-order chi connectivity index (χ0) is 19.4. The van der Waals surface area contributed by atoms with Crippen molar-refractivity contribution in [3.63, 3.8) is 0 Å². The first-order valence-corrected chi connectivity index (χ1v) is 8.28. The predicted octanol–water partition coefficient (Wildman–Crippen LogP) is 0.805. The molecule has 8 heteroatoms. The van der Waals surface area contributed by atoms with Gasteiger partial charge in [0.2, 0.25) is 6.10 Å². The number of amides is 1. The molecule has 0 aromatic heterocycles. The lowest BCUT2D eigenvalue weighted by molar-refractivity contribution is -0.177. The van der Waals surface area contributed by atoms with E-state index in [2.05, 4.69) is 0 Å². The lowest BCUT2D eigenvalue weighted by Crippen LogP contribution is -2.55. The van der Waals surface area contributed by atoms with Crippen molar-refractivity contribution in [1.29, 1.82) is 0 Å². The number of hydrogen-bond donors (Lipinski definition) is 1. The van der Waals surface area contributed by atoms with E-state index in [0.717, 1.165) is 18.1 Å². The van der Waals surface area contributed by atoms with Crippen molar-refractivity contribution in [3.8, 4) is 0 Å². The van der Waals surface area contributed by atoms with Crippen LogP contribution in [-0.4, -0.2) is 67.3 Å². The van der Waals surface area contributed by atoms with Crippen molar-refractivity contribution in [1.82, 2.24) is 4.90 Å². The maximum Gasteiger partial charge on any atom is 0.348 e. The summed E-state index contributed by atoms with van der Waals surface area (Å²) in [4.78, 5) is 39.0. The second-order valence-corrected chi connectivity index (χ2v) is 6.45. The van der Waals surface area contributed by atoms with E-state index in [1.54, 1.807) is 0 Å². The quantitative estimate of drug-likeness (QED) is 0.746. The van der Waals surface area contributed by atoms with Gasteiger partial charge in [-0.1, -0.05) is 12.1 Å². The number of esters is 1. The molecule has 1 saturated heterocycles. The molecule has 1 aliphatic rings. The Hall–Kier alpha value is -2.45. The highest BCUT2D eigenvalue weighted by atomic mass is 16.6. The van der Waals surface area contributed by atoms with E-state index < -0.39 is 30.1 Å². The van der Waals surface area contributed by atoms with Gasteiger partial charge in [0.15, 0.2) is 6.10 Å². The van der Waals surface area contributed by atoms with Gasteiger partial charge in [0, 0.05) is 25.7 Å². The lowest BCUT2D eigenvalue weighted by Gasteiger charge is -2.35. The maximum atomic E-state index is 12.9. The van der Waals surface area contributed by atoms with Crippen LogP contribution in [0.1, 0.15) is 18.1 Å². The standard InChI is InChI=1S/C18H24N2O6/c1-11-13(10-19(3)4)6-5-7-14(11)20-8-9-25-15(17(20)22)16(18(23)24)26-12(2)21/h5-7,15-16H,8-10H2,1-4H3,(H,23,24)/t15-,16-/m1/s1. The SMILES string of the molecule is CC(=O)O[C@@H](C(=O)O)[C@H]1OCCN(c2cccc(CN(C)C)c2C)C1=O. The first-order chi connectivity index (χ1) is 12.2. The minimum atomic E-state index is -1.67. The summed E-state index contributed by atoms with van der Waals surface area (Å²) in [5.74, 6) is -2.73. The largest absolute Gasteiger partial charge is 0.478 e. The van der Waals surface area contributed by atoms with Crippen molar-refractivity contribution < 1.29 is 29.0 Å². The van der Waals surface area contributed by atoms with Gasteiger partial charge < -0.3 is 24.4 Å². The average molecular weight is 364 g/mol. The van der Waals surface area contributed by atoms with E-state index in [0.29, 0.717) is 18.8 Å². The highest BCUT2D eigenvalue weighted by Crippen LogP contribution is 2.27. The summed E-state index contributed by atoms with van der Waals surface area (Å²) in [7, 11) is 3.91. The third-order valence-corrected chi connectivity index (χ3v) is 4.13. The second-order valence-electron chi connectivity index (χ2n) is 6.45. The van der Waals surface area contributed by atoms with E-state index in [9.17, 15) is 19.5 Å². The highest BCUT2D eigenvalue weighted by molar-refractivity contribution is 6.01. The molecule has 1 aromatic rings. The number of benzene rings is 1. The van der Waals surface area contributed by atoms with Gasteiger partial charge in [-0.3, -0.25) is 9.59 Å². The highest BCUT2D eigenvalue weighted by Gasteiger charge is 2.42. The van der Waals surface area contributed by atoms with Gasteiger partial charge >= 0.3 is 11.9 Å². The van der Waals surface area contributed by atoms with E-state index in [1.165, 1.54) is 4.90 Å². The van der Waals surface area contributed by atoms with Crippen LogP contribution < -0.4 is 4.90 Å². The summed E-state index contributed by atoms with van der Waals surface area (Å²) in [5.41, 5.74) is 2.71. The van der Waals surface area contributed by atoms with E-state index in [-0.39, 0.29) is 6.61 Å². The number of ether oxygens (including phenoxy) is 2. The molecule has 1 heterocycles. The van der Waals surface area contributed by atoms with Crippen LogP contribution in [0.4, 0.5) is 5.69 Å². The summed E-state index contributed by atoms with van der Waals surface area (Å²) < 4.78 is 10.1. The van der Waals surface area contributed by atoms with Gasteiger partial charge in [0.1, 0.15) is 0 Å². The van der Waals surface area contributed by atoms with Crippen molar-refractivity contribution in [2.24, 2.45) is 0 Å². The Kier molecular flexibility index (Phi) is 6.33. The van der Waals surface area contributed by atoms with Crippen molar-refractivity contribution >= 4 is 23.5 Å². The average Bonchev–Trinajstić information content (AvgIpc) is 2.55. The number of aliphatic carboxylic acids is 1. The topological polar surface area (TPSA) is 96.4 Å². The van der Waals surface area contributed by atoms with Gasteiger partial charge in [0.05, 0.1) is 6.61 Å². The summed E-state index contributed by atoms with van der Waals surface area (Å²) in [6, 6.07) is 5.66. The Labute approximate surface area is 152 Å². The minimum Gasteiger partial charge on any atom is -0.478 e. The number of carbonyl (C=O) groups is 3. The number of carboxylic acid groups (broad SMARTS) is 1. The van der Waals surface area contributed by atoms with Crippen molar-refractivity contribution in [2.75, 3.05) is 32.1 Å². The maximum absolute atomic E-state index is 12.9. The number of rotatable bonds is 6. The molecule has 142 valence electrons. The lowest BCUT2D eigenvalue weighted by atomic mass is 10.0. The molecule has 2 atom stereocenters. The molecular formula is C18H24N2O6. The number of anilines is 1. The van der Waals surface area contributed by atoms with Crippen molar-refractivity contribution in [2.45, 2.75) is 32.6 Å². The van der Waals surface area contributed by atoms with Gasteiger partial charge in [-0.05, 0) is 38.2 Å². The first-order valence-electron chi connectivity index (χ1n) is 8.28. The number of hydrogen-bond acceptors (Lipinski definition) is 6. The Bertz CT molecular complexity index is 703. The molecule has 1 N–H and O–H groups in total. The van der Waals surface area contributed by atoms with Crippen LogP contribution in [0.3, 0.4) is 0 Å². The third-order valence-electron chi connectivity index (χ3n) is 4.13. The third kappa shape index (κ3) is 4.39. The fourth-order valence-corrected chi connectivity index (χ4v) is 2.96. The van der Waals surface area contributed by atoms with Crippen LogP contribution in [0.2, 0.25) is 0 Å². The summed E-state index contributed by atoms with van der Waals surface area (Å²) in [6.07, 6.45) is -3.05. The Morgan fingerprint density at radius 1 is 1.42 bits per heavy atom. The van der Waals surface area contributed by atoms with Gasteiger partial charge in [-0.15, -0.1) is 0 Å². The number of morpholine rings is 1. The van der Waals surface area contributed by atoms with Crippen LogP contribution >= 0.6 is 0 Å². The predicted molar refractivity (Wildman–Crippen MR) is 93.9 cm³/mol. The number of carbonyl (C=O) groups excluding carboxylic acids is 2. The molecule has 8 nitrogen and oxygen atoms in total. The van der Waals surface area contributed by atoms with Crippen LogP contribution in [0, 0.1) is 6.92 Å². The van der Waals surface area contributed by atoms with Gasteiger partial charge in [-0.2, -0.15) is 0 Å². The van der Waals surface area contributed by atoms with Crippen LogP contribution in [0.5, 0.6) is 0 Å². The number of carboxylic acids is 1. The fourth-order valence-electron chi connectivity index (χ4n) is 2.96. The molecule has 0 spiro atoms. The monoisotopic (exact) mass is 364 g/mol. The molecule has 0 radical (unpaired) electrons.